The summed E-state index contributed by atoms with van der Waals surface area (Å²) in [7, 11) is -3.38. The monoisotopic (exact) mass is 311 g/mol. The quantitative estimate of drug-likeness (QED) is 0.718. The number of sulfonamides is 1. The Hall–Kier alpha value is -1.11. The maximum absolute atomic E-state index is 12.0. The number of hydrogen-bond acceptors (Lipinski definition) is 4. The molecular formula is C15H25N3O2S. The fourth-order valence-electron chi connectivity index (χ4n) is 2.77. The Bertz CT molecular complexity index is 543. The van der Waals surface area contributed by atoms with Crippen LogP contribution >= 0.6 is 0 Å². The van der Waals surface area contributed by atoms with Crippen LogP contribution in [-0.4, -0.2) is 27.5 Å². The maximum Gasteiger partial charge on any atom is 0.240 e. The number of rotatable bonds is 7. The molecular weight excluding hydrogens is 286 g/mol. The van der Waals surface area contributed by atoms with Gasteiger partial charge in [-0.15, -0.1) is 0 Å². The second kappa shape index (κ2) is 7.24. The maximum atomic E-state index is 12.0. The molecule has 6 heteroatoms. The molecule has 0 amide bonds. The van der Waals surface area contributed by atoms with Gasteiger partial charge in [-0.1, -0.05) is 13.3 Å². The third-order valence-electron chi connectivity index (χ3n) is 4.02. The van der Waals surface area contributed by atoms with Crippen molar-refractivity contribution >= 4 is 15.7 Å². The highest BCUT2D eigenvalue weighted by atomic mass is 32.2. The third-order valence-corrected chi connectivity index (χ3v) is 5.50. The molecule has 5 nitrogen and oxygen atoms in total. The van der Waals surface area contributed by atoms with Gasteiger partial charge in [-0.25, -0.2) is 13.1 Å². The largest absolute Gasteiger partial charge is 0.382 e. The van der Waals surface area contributed by atoms with Gasteiger partial charge in [-0.3, -0.25) is 0 Å². The Morgan fingerprint density at radius 1 is 1.24 bits per heavy atom. The third kappa shape index (κ3) is 4.18. The first-order chi connectivity index (χ1) is 10.1. The molecule has 118 valence electrons. The minimum absolute atomic E-state index is 0.309. The molecule has 21 heavy (non-hydrogen) atoms. The summed E-state index contributed by atoms with van der Waals surface area (Å²) in [6, 6.07) is 7.34. The lowest BCUT2D eigenvalue weighted by molar-refractivity contribution is 0.516. The van der Waals surface area contributed by atoms with E-state index in [0.717, 1.165) is 18.5 Å². The number of anilines is 1. The first kappa shape index (κ1) is 16.3. The molecule has 1 fully saturated rings. The Kier molecular flexibility index (Phi) is 5.61. The first-order valence-electron chi connectivity index (χ1n) is 7.63. The van der Waals surface area contributed by atoms with Crippen LogP contribution in [0.5, 0.6) is 0 Å². The Labute approximate surface area is 127 Å². The SMILES string of the molecule is CCCNS(=O)(=O)c1ccc(NC2CCCC2CN)cc1. The van der Waals surface area contributed by atoms with Gasteiger partial charge in [0, 0.05) is 18.3 Å². The Morgan fingerprint density at radius 2 is 1.95 bits per heavy atom. The molecule has 1 aliphatic carbocycles. The second-order valence-corrected chi connectivity index (χ2v) is 7.37. The van der Waals surface area contributed by atoms with E-state index < -0.39 is 10.0 Å². The van der Waals surface area contributed by atoms with Crippen molar-refractivity contribution in [3.05, 3.63) is 24.3 Å². The van der Waals surface area contributed by atoms with Crippen molar-refractivity contribution in [2.24, 2.45) is 11.7 Å². The molecule has 0 radical (unpaired) electrons. The molecule has 2 atom stereocenters. The lowest BCUT2D eigenvalue weighted by Crippen LogP contribution is -2.29. The summed E-state index contributed by atoms with van der Waals surface area (Å²) in [6.45, 7) is 3.10. The van der Waals surface area contributed by atoms with Crippen molar-refractivity contribution in [1.82, 2.24) is 4.72 Å². The van der Waals surface area contributed by atoms with E-state index in [1.165, 1.54) is 12.8 Å². The van der Waals surface area contributed by atoms with Crippen molar-refractivity contribution in [2.75, 3.05) is 18.4 Å². The topological polar surface area (TPSA) is 84.2 Å². The average Bonchev–Trinajstić information content (AvgIpc) is 2.93. The molecule has 0 saturated heterocycles. The van der Waals surface area contributed by atoms with E-state index in [2.05, 4.69) is 10.0 Å². The molecule has 4 N–H and O–H groups in total. The van der Waals surface area contributed by atoms with Gasteiger partial charge < -0.3 is 11.1 Å². The predicted molar refractivity (Wildman–Crippen MR) is 85.7 cm³/mol. The van der Waals surface area contributed by atoms with Crippen molar-refractivity contribution in [3.8, 4) is 0 Å². The number of hydrogen-bond donors (Lipinski definition) is 3. The summed E-state index contributed by atoms with van der Waals surface area (Å²) in [6.07, 6.45) is 4.27. The van der Waals surface area contributed by atoms with Crippen molar-refractivity contribution in [2.45, 2.75) is 43.5 Å². The van der Waals surface area contributed by atoms with Crippen LogP contribution in [0, 0.1) is 5.92 Å². The van der Waals surface area contributed by atoms with Crippen LogP contribution in [0.4, 0.5) is 5.69 Å². The molecule has 1 aromatic rings. The van der Waals surface area contributed by atoms with Gasteiger partial charge in [0.25, 0.3) is 0 Å². The number of nitrogens with two attached hydrogens (primary N) is 1. The van der Waals surface area contributed by atoms with Crippen LogP contribution in [0.25, 0.3) is 0 Å². The standard InChI is InChI=1S/C15H25N3O2S/c1-2-10-17-21(19,20)14-8-6-13(7-9-14)18-15-5-3-4-12(15)11-16/h6-9,12,15,17-18H,2-5,10-11,16H2,1H3. The zero-order valence-electron chi connectivity index (χ0n) is 12.5. The summed E-state index contributed by atoms with van der Waals surface area (Å²) in [5.74, 6) is 0.514. The first-order valence-corrected chi connectivity index (χ1v) is 9.11. The molecule has 2 rings (SSSR count). The fraction of sp³-hybridized carbons (Fsp3) is 0.600. The molecule has 1 aliphatic rings. The molecule has 0 heterocycles. The Balaban J connectivity index is 2.02. The highest BCUT2D eigenvalue weighted by Gasteiger charge is 2.25. The van der Waals surface area contributed by atoms with E-state index in [-0.39, 0.29) is 0 Å². The Morgan fingerprint density at radius 3 is 2.57 bits per heavy atom. The zero-order valence-corrected chi connectivity index (χ0v) is 13.3. The van der Waals surface area contributed by atoms with Gasteiger partial charge >= 0.3 is 0 Å². The lowest BCUT2D eigenvalue weighted by atomic mass is 10.0. The molecule has 0 bridgehead atoms. The van der Waals surface area contributed by atoms with E-state index >= 15 is 0 Å². The number of nitrogens with one attached hydrogen (secondary N) is 2. The van der Waals surface area contributed by atoms with Gasteiger partial charge in [-0.2, -0.15) is 0 Å². The van der Waals surface area contributed by atoms with Gasteiger partial charge in [0.2, 0.25) is 10.0 Å². The van der Waals surface area contributed by atoms with E-state index in [0.29, 0.717) is 29.9 Å². The normalized spacial score (nSPS) is 22.4. The van der Waals surface area contributed by atoms with Crippen LogP contribution in [0.1, 0.15) is 32.6 Å². The molecule has 1 aromatic carbocycles. The summed E-state index contributed by atoms with van der Waals surface area (Å²) >= 11 is 0. The van der Waals surface area contributed by atoms with Crippen LogP contribution < -0.4 is 15.8 Å². The summed E-state index contributed by atoms with van der Waals surface area (Å²) in [5, 5.41) is 3.47. The van der Waals surface area contributed by atoms with Crippen LogP contribution in [0.2, 0.25) is 0 Å². The highest BCUT2D eigenvalue weighted by Crippen LogP contribution is 2.28. The second-order valence-electron chi connectivity index (χ2n) is 5.60. The minimum Gasteiger partial charge on any atom is -0.382 e. The van der Waals surface area contributed by atoms with Crippen LogP contribution in [0.3, 0.4) is 0 Å². The predicted octanol–water partition coefficient (Wildman–Crippen LogP) is 1.91. The molecule has 1 saturated carbocycles. The van der Waals surface area contributed by atoms with Crippen molar-refractivity contribution in [1.29, 1.82) is 0 Å². The van der Waals surface area contributed by atoms with E-state index in [1.807, 2.05) is 19.1 Å². The van der Waals surface area contributed by atoms with Gasteiger partial charge in [0.1, 0.15) is 0 Å². The number of benzene rings is 1. The fourth-order valence-corrected chi connectivity index (χ4v) is 3.91. The highest BCUT2D eigenvalue weighted by molar-refractivity contribution is 7.89. The van der Waals surface area contributed by atoms with Gasteiger partial charge in [0.15, 0.2) is 0 Å². The molecule has 0 aliphatic heterocycles. The minimum atomic E-state index is -3.38. The van der Waals surface area contributed by atoms with Crippen molar-refractivity contribution < 1.29 is 8.42 Å². The van der Waals surface area contributed by atoms with Gasteiger partial charge in [-0.05, 0) is 56.0 Å². The average molecular weight is 311 g/mol. The van der Waals surface area contributed by atoms with Crippen molar-refractivity contribution in [3.63, 3.8) is 0 Å². The summed E-state index contributed by atoms with van der Waals surface area (Å²) < 4.78 is 26.6. The van der Waals surface area contributed by atoms with Crippen LogP contribution in [-0.2, 0) is 10.0 Å². The molecule has 2 unspecified atom stereocenters. The van der Waals surface area contributed by atoms with E-state index in [4.69, 9.17) is 5.73 Å². The van der Waals surface area contributed by atoms with E-state index in [9.17, 15) is 8.42 Å². The summed E-state index contributed by atoms with van der Waals surface area (Å²) in [5.41, 5.74) is 6.73. The van der Waals surface area contributed by atoms with Gasteiger partial charge in [0.05, 0.1) is 4.90 Å². The van der Waals surface area contributed by atoms with Crippen LogP contribution in [0.15, 0.2) is 29.2 Å². The molecule has 0 aromatic heterocycles. The lowest BCUT2D eigenvalue weighted by Gasteiger charge is -2.20. The summed E-state index contributed by atoms with van der Waals surface area (Å²) in [4.78, 5) is 0.309. The van der Waals surface area contributed by atoms with E-state index in [1.54, 1.807) is 12.1 Å². The molecule has 0 spiro atoms. The zero-order chi connectivity index (χ0) is 15.3. The smallest absolute Gasteiger partial charge is 0.240 e.